The second kappa shape index (κ2) is 8.88. The van der Waals surface area contributed by atoms with Crippen LogP contribution in [0, 0.1) is 5.92 Å². The lowest BCUT2D eigenvalue weighted by Gasteiger charge is -2.26. The van der Waals surface area contributed by atoms with Crippen molar-refractivity contribution in [2.75, 3.05) is 44.3 Å². The molecule has 2 aliphatic rings. The van der Waals surface area contributed by atoms with Crippen LogP contribution in [0.25, 0.3) is 11.1 Å². The minimum absolute atomic E-state index is 0.0267. The van der Waals surface area contributed by atoms with Gasteiger partial charge in [0.2, 0.25) is 0 Å². The molecule has 0 bridgehead atoms. The van der Waals surface area contributed by atoms with Gasteiger partial charge in [-0.2, -0.15) is 0 Å². The highest BCUT2D eigenvalue weighted by molar-refractivity contribution is 5.96. The molecule has 2 aliphatic heterocycles. The average Bonchev–Trinajstić information content (AvgIpc) is 3.21. The van der Waals surface area contributed by atoms with Gasteiger partial charge in [0.25, 0.3) is 5.91 Å². The normalized spacial score (nSPS) is 16.0. The zero-order valence-electron chi connectivity index (χ0n) is 17.7. The highest BCUT2D eigenvalue weighted by Gasteiger charge is 2.25. The van der Waals surface area contributed by atoms with E-state index in [4.69, 9.17) is 4.74 Å². The quantitative estimate of drug-likeness (QED) is 0.843. The number of rotatable bonds is 4. The summed E-state index contributed by atoms with van der Waals surface area (Å²) in [6, 6.07) is 14.0. The van der Waals surface area contributed by atoms with Crippen LogP contribution in [-0.2, 0) is 11.2 Å². The highest BCUT2D eigenvalue weighted by atomic mass is 16.5. The van der Waals surface area contributed by atoms with E-state index in [1.807, 2.05) is 46.2 Å². The number of carbonyl (C=O) groups is 2. The van der Waals surface area contributed by atoms with Crippen LogP contribution in [0.15, 0.2) is 42.5 Å². The number of hydrogen-bond donors (Lipinski definition) is 1. The van der Waals surface area contributed by atoms with E-state index >= 15 is 0 Å². The van der Waals surface area contributed by atoms with Crippen molar-refractivity contribution in [1.82, 2.24) is 10.2 Å². The Balaban J connectivity index is 1.46. The van der Waals surface area contributed by atoms with Crippen LogP contribution in [0.3, 0.4) is 0 Å². The number of nitrogens with one attached hydrogen (secondary N) is 1. The van der Waals surface area contributed by atoms with Gasteiger partial charge in [-0.15, -0.1) is 0 Å². The molecule has 1 saturated heterocycles. The molecule has 0 unspecified atom stereocenters. The number of anilines is 1. The third-order valence-corrected chi connectivity index (χ3v) is 5.65. The van der Waals surface area contributed by atoms with Crippen molar-refractivity contribution in [3.8, 4) is 11.1 Å². The molecule has 158 valence electrons. The van der Waals surface area contributed by atoms with Crippen molar-refractivity contribution in [2.24, 2.45) is 5.92 Å². The van der Waals surface area contributed by atoms with Crippen LogP contribution in [-0.4, -0.2) is 56.2 Å². The third-order valence-electron chi connectivity index (χ3n) is 5.65. The van der Waals surface area contributed by atoms with Gasteiger partial charge in [0.15, 0.2) is 0 Å². The van der Waals surface area contributed by atoms with Gasteiger partial charge in [0.05, 0.1) is 13.2 Å². The van der Waals surface area contributed by atoms with Gasteiger partial charge in [-0.1, -0.05) is 32.0 Å². The number of morpholine rings is 1. The Kier molecular flexibility index (Phi) is 6.04. The van der Waals surface area contributed by atoms with E-state index < -0.39 is 0 Å². The summed E-state index contributed by atoms with van der Waals surface area (Å²) in [4.78, 5) is 28.8. The molecule has 0 aliphatic carbocycles. The van der Waals surface area contributed by atoms with Gasteiger partial charge in [0.1, 0.15) is 0 Å². The van der Waals surface area contributed by atoms with E-state index in [9.17, 15) is 9.59 Å². The number of fused-ring (bicyclic) bond motifs is 1. The largest absolute Gasteiger partial charge is 0.378 e. The van der Waals surface area contributed by atoms with Gasteiger partial charge < -0.3 is 15.0 Å². The van der Waals surface area contributed by atoms with E-state index in [2.05, 4.69) is 25.2 Å². The Hall–Kier alpha value is -2.86. The summed E-state index contributed by atoms with van der Waals surface area (Å²) in [5.41, 5.74) is 5.04. The van der Waals surface area contributed by atoms with Crippen molar-refractivity contribution in [2.45, 2.75) is 20.3 Å². The fourth-order valence-corrected chi connectivity index (χ4v) is 3.93. The molecule has 1 N–H and O–H groups in total. The first-order valence-corrected chi connectivity index (χ1v) is 10.7. The smallest absolute Gasteiger partial charge is 0.321 e. The molecule has 1 fully saturated rings. The van der Waals surface area contributed by atoms with E-state index in [1.54, 1.807) is 0 Å². The average molecular weight is 408 g/mol. The van der Waals surface area contributed by atoms with Gasteiger partial charge >= 0.3 is 6.03 Å². The van der Waals surface area contributed by atoms with E-state index in [-0.39, 0.29) is 11.9 Å². The molecule has 0 atom stereocenters. The van der Waals surface area contributed by atoms with Crippen LogP contribution in [0.1, 0.15) is 29.8 Å². The van der Waals surface area contributed by atoms with Crippen molar-refractivity contribution >= 4 is 17.6 Å². The van der Waals surface area contributed by atoms with Gasteiger partial charge in [-0.05, 0) is 53.3 Å². The third kappa shape index (κ3) is 4.33. The molecule has 2 aromatic carbocycles. The summed E-state index contributed by atoms with van der Waals surface area (Å²) in [5.74, 6) is 0.485. The molecule has 0 saturated carbocycles. The monoisotopic (exact) mass is 407 g/mol. The fraction of sp³-hybridized carbons (Fsp3) is 0.417. The molecule has 0 radical (unpaired) electrons. The van der Waals surface area contributed by atoms with E-state index in [1.165, 1.54) is 5.56 Å². The Morgan fingerprint density at radius 2 is 1.70 bits per heavy atom. The standard InChI is InChI=1S/C24H29N3O3/c1-17(2)16-25-24(29)27-10-9-21-15-20(7-8-22(21)27)18-3-5-19(6-4-18)23(28)26-11-13-30-14-12-26/h3-8,15,17H,9-14,16H2,1-2H3,(H,25,29). The molecule has 2 aromatic rings. The zero-order chi connectivity index (χ0) is 21.1. The minimum atomic E-state index is -0.0267. The molecule has 4 rings (SSSR count). The van der Waals surface area contributed by atoms with Crippen molar-refractivity contribution in [3.05, 3.63) is 53.6 Å². The molecule has 6 heteroatoms. The second-order valence-corrected chi connectivity index (χ2v) is 8.31. The molecular weight excluding hydrogens is 378 g/mol. The Labute approximate surface area is 177 Å². The van der Waals surface area contributed by atoms with Crippen LogP contribution in [0.5, 0.6) is 0 Å². The maximum Gasteiger partial charge on any atom is 0.321 e. The van der Waals surface area contributed by atoms with Gasteiger partial charge in [-0.25, -0.2) is 4.79 Å². The lowest BCUT2D eigenvalue weighted by Crippen LogP contribution is -2.40. The Morgan fingerprint density at radius 1 is 1.00 bits per heavy atom. The molecular formula is C24H29N3O3. The maximum absolute atomic E-state index is 12.6. The van der Waals surface area contributed by atoms with Crippen LogP contribution in [0.4, 0.5) is 10.5 Å². The summed E-state index contributed by atoms with van der Waals surface area (Å²) >= 11 is 0. The number of urea groups is 1. The molecule has 3 amide bonds. The van der Waals surface area contributed by atoms with Gasteiger partial charge in [-0.3, -0.25) is 9.69 Å². The molecule has 2 heterocycles. The fourth-order valence-electron chi connectivity index (χ4n) is 3.93. The summed E-state index contributed by atoms with van der Waals surface area (Å²) in [6.07, 6.45) is 0.853. The van der Waals surface area contributed by atoms with E-state index in [0.29, 0.717) is 50.9 Å². The van der Waals surface area contributed by atoms with Crippen LogP contribution in [0.2, 0.25) is 0 Å². The first-order chi connectivity index (χ1) is 14.5. The lowest BCUT2D eigenvalue weighted by atomic mass is 10.0. The predicted molar refractivity (Wildman–Crippen MR) is 118 cm³/mol. The number of carbonyl (C=O) groups excluding carboxylic acids is 2. The highest BCUT2D eigenvalue weighted by Crippen LogP contribution is 2.32. The minimum Gasteiger partial charge on any atom is -0.378 e. The number of ether oxygens (including phenoxy) is 1. The predicted octanol–water partition coefficient (Wildman–Crippen LogP) is 3.55. The Bertz CT molecular complexity index is 918. The topological polar surface area (TPSA) is 61.9 Å². The SMILES string of the molecule is CC(C)CNC(=O)N1CCc2cc(-c3ccc(C(=O)N4CCOCC4)cc3)ccc21. The second-order valence-electron chi connectivity index (χ2n) is 8.31. The lowest BCUT2D eigenvalue weighted by molar-refractivity contribution is 0.0303. The van der Waals surface area contributed by atoms with Crippen molar-refractivity contribution in [1.29, 1.82) is 0 Å². The summed E-state index contributed by atoms with van der Waals surface area (Å²) in [6.45, 7) is 8.05. The Morgan fingerprint density at radius 3 is 2.40 bits per heavy atom. The molecule has 30 heavy (non-hydrogen) atoms. The van der Waals surface area contributed by atoms with E-state index in [0.717, 1.165) is 23.2 Å². The van der Waals surface area contributed by atoms with Crippen molar-refractivity contribution < 1.29 is 14.3 Å². The van der Waals surface area contributed by atoms with Crippen LogP contribution < -0.4 is 10.2 Å². The number of nitrogens with zero attached hydrogens (tertiary/aromatic N) is 2. The van der Waals surface area contributed by atoms with Gasteiger partial charge in [0, 0.05) is 37.4 Å². The number of hydrogen-bond acceptors (Lipinski definition) is 3. The summed E-state index contributed by atoms with van der Waals surface area (Å²) in [7, 11) is 0. The number of benzene rings is 2. The summed E-state index contributed by atoms with van der Waals surface area (Å²) < 4.78 is 5.32. The first-order valence-electron chi connectivity index (χ1n) is 10.7. The maximum atomic E-state index is 12.6. The summed E-state index contributed by atoms with van der Waals surface area (Å²) in [5, 5.41) is 3.00. The van der Waals surface area contributed by atoms with Crippen LogP contribution >= 0.6 is 0 Å². The molecule has 0 aromatic heterocycles. The number of amides is 3. The molecule has 6 nitrogen and oxygen atoms in total. The van der Waals surface area contributed by atoms with Crippen molar-refractivity contribution in [3.63, 3.8) is 0 Å². The molecule has 0 spiro atoms. The zero-order valence-corrected chi connectivity index (χ0v) is 17.7. The first kappa shape index (κ1) is 20.4.